The Labute approximate surface area is 103 Å². The van der Waals surface area contributed by atoms with E-state index >= 15 is 0 Å². The second-order valence-electron chi connectivity index (χ2n) is 2.07. The Bertz CT molecular complexity index is 131. The molecular weight excluding hydrogens is 159 g/mol. The van der Waals surface area contributed by atoms with Crippen LogP contribution in [0.3, 0.4) is 0 Å². The van der Waals surface area contributed by atoms with Crippen LogP contribution in [0.5, 0.6) is 0 Å². The molecule has 0 aliphatic heterocycles. The van der Waals surface area contributed by atoms with Gasteiger partial charge in [0, 0.05) is 6.92 Å². The van der Waals surface area contributed by atoms with E-state index in [0.29, 0.717) is 0 Å². The van der Waals surface area contributed by atoms with Crippen molar-refractivity contribution in [3.05, 3.63) is 0 Å². The van der Waals surface area contributed by atoms with Gasteiger partial charge in [-0.2, -0.15) is 0 Å². The summed E-state index contributed by atoms with van der Waals surface area (Å²) in [6.07, 6.45) is 0. The van der Waals surface area contributed by atoms with Crippen molar-refractivity contribution in [2.45, 2.75) is 20.8 Å². The number of hydrogen-bond acceptors (Lipinski definition) is 3. The molecule has 3 nitrogen and oxygen atoms in total. The summed E-state index contributed by atoms with van der Waals surface area (Å²) in [4.78, 5) is 20.6. The Morgan fingerprint density at radius 1 is 1.30 bits per heavy atom. The molecule has 0 heterocycles. The van der Waals surface area contributed by atoms with Gasteiger partial charge in [0.1, 0.15) is 0 Å². The minimum absolute atomic E-state index is 0. The predicted molar refractivity (Wildman–Crippen MR) is 38.8 cm³/mol. The van der Waals surface area contributed by atoms with Crippen LogP contribution in [0, 0.1) is 5.92 Å². The number of carbonyl (C=O) groups excluding carboxylic acids is 2. The van der Waals surface area contributed by atoms with Gasteiger partial charge in [-0.05, 0) is 0 Å². The molecule has 0 aromatic heterocycles. The number of esters is 2. The maximum atomic E-state index is 10.5. The van der Waals surface area contributed by atoms with E-state index in [0.717, 1.165) is 0 Å². The van der Waals surface area contributed by atoms with Crippen LogP contribution < -0.4 is 0 Å². The second-order valence-corrected chi connectivity index (χ2v) is 2.07. The molecule has 0 N–H and O–H groups in total. The third-order valence-electron chi connectivity index (χ3n) is 0.716. The average molecular weight is 170 g/mol. The summed E-state index contributed by atoms with van der Waals surface area (Å²) < 4.78 is 4.23. The molecule has 0 rings (SSSR count). The van der Waals surface area contributed by atoms with Crippen LogP contribution in [0.4, 0.5) is 0 Å². The molecule has 0 radical (unpaired) electrons. The van der Waals surface area contributed by atoms with Gasteiger partial charge >= 0.3 is 63.3 Å². The summed E-state index contributed by atoms with van der Waals surface area (Å²) in [5.41, 5.74) is 0. The Morgan fingerprint density at radius 3 is 1.80 bits per heavy atom. The molecule has 0 aliphatic rings. The SMILES string of the molecule is CC(=O)OC(=O)C(C)C.[KH]. The first-order chi connectivity index (χ1) is 4.04. The molecule has 0 atom stereocenters. The number of carbonyl (C=O) groups is 2. The normalized spacial score (nSPS) is 8.40. The number of ether oxygens (including phenoxy) is 1. The molecule has 0 saturated heterocycles. The average Bonchev–Trinajstić information content (AvgIpc) is 1.63. The summed E-state index contributed by atoms with van der Waals surface area (Å²) >= 11 is 0. The quantitative estimate of drug-likeness (QED) is 0.318. The van der Waals surface area contributed by atoms with Crippen molar-refractivity contribution in [1.29, 1.82) is 0 Å². The van der Waals surface area contributed by atoms with Gasteiger partial charge in [0.2, 0.25) is 0 Å². The summed E-state index contributed by atoms with van der Waals surface area (Å²) in [6.45, 7) is 4.55. The van der Waals surface area contributed by atoms with Gasteiger partial charge in [0.05, 0.1) is 5.92 Å². The van der Waals surface area contributed by atoms with Crippen LogP contribution >= 0.6 is 0 Å². The van der Waals surface area contributed by atoms with E-state index in [2.05, 4.69) is 4.74 Å². The van der Waals surface area contributed by atoms with E-state index < -0.39 is 11.9 Å². The first-order valence-electron chi connectivity index (χ1n) is 2.76. The monoisotopic (exact) mass is 170 g/mol. The van der Waals surface area contributed by atoms with E-state index in [1.54, 1.807) is 13.8 Å². The number of rotatable bonds is 1. The van der Waals surface area contributed by atoms with E-state index in [-0.39, 0.29) is 57.3 Å². The molecule has 0 aliphatic carbocycles. The van der Waals surface area contributed by atoms with E-state index in [9.17, 15) is 9.59 Å². The predicted octanol–water partition coefficient (Wildman–Crippen LogP) is 0.0836. The maximum absolute atomic E-state index is 10.5. The van der Waals surface area contributed by atoms with Gasteiger partial charge in [-0.25, -0.2) is 0 Å². The third kappa shape index (κ3) is 6.89. The molecule has 0 unspecified atom stereocenters. The summed E-state index contributed by atoms with van der Waals surface area (Å²) in [5, 5.41) is 0. The Morgan fingerprint density at radius 2 is 1.70 bits per heavy atom. The van der Waals surface area contributed by atoms with E-state index in [1.807, 2.05) is 0 Å². The molecule has 0 aromatic rings. The summed E-state index contributed by atoms with van der Waals surface area (Å²) in [5.74, 6) is -1.25. The summed E-state index contributed by atoms with van der Waals surface area (Å²) in [7, 11) is 0. The van der Waals surface area contributed by atoms with Gasteiger partial charge in [-0.1, -0.05) is 13.8 Å². The molecule has 0 saturated carbocycles. The first-order valence-corrected chi connectivity index (χ1v) is 2.76. The zero-order chi connectivity index (χ0) is 7.44. The van der Waals surface area contributed by atoms with Crippen molar-refractivity contribution < 1.29 is 14.3 Å². The fourth-order valence-electron chi connectivity index (χ4n) is 0.260. The van der Waals surface area contributed by atoms with Crippen molar-refractivity contribution in [3.63, 3.8) is 0 Å². The first kappa shape index (κ1) is 13.4. The summed E-state index contributed by atoms with van der Waals surface area (Å²) in [6, 6.07) is 0. The van der Waals surface area contributed by atoms with Crippen LogP contribution in [-0.4, -0.2) is 63.3 Å². The molecular formula is C6H11KO3. The number of hydrogen-bond donors (Lipinski definition) is 0. The fourth-order valence-corrected chi connectivity index (χ4v) is 0.260. The van der Waals surface area contributed by atoms with Crippen LogP contribution in [0.15, 0.2) is 0 Å². The third-order valence-corrected chi connectivity index (χ3v) is 0.716. The molecule has 10 heavy (non-hydrogen) atoms. The molecule has 54 valence electrons. The molecule has 0 fully saturated rings. The molecule has 4 heteroatoms. The van der Waals surface area contributed by atoms with Gasteiger partial charge in [0.15, 0.2) is 0 Å². The zero-order valence-electron chi connectivity index (χ0n) is 5.80. The van der Waals surface area contributed by atoms with Crippen molar-refractivity contribution in [1.82, 2.24) is 0 Å². The Balaban J connectivity index is 0. The molecule has 0 bridgehead atoms. The van der Waals surface area contributed by atoms with Crippen LogP contribution in [0.1, 0.15) is 20.8 Å². The fraction of sp³-hybridized carbons (Fsp3) is 0.667. The van der Waals surface area contributed by atoms with Crippen molar-refractivity contribution in [3.8, 4) is 0 Å². The van der Waals surface area contributed by atoms with Crippen molar-refractivity contribution >= 4 is 63.3 Å². The van der Waals surface area contributed by atoms with Crippen LogP contribution in [-0.2, 0) is 14.3 Å². The van der Waals surface area contributed by atoms with Crippen LogP contribution in [0.2, 0.25) is 0 Å². The zero-order valence-corrected chi connectivity index (χ0v) is 5.80. The van der Waals surface area contributed by atoms with E-state index in [1.165, 1.54) is 6.92 Å². The molecule has 0 aromatic carbocycles. The van der Waals surface area contributed by atoms with E-state index in [4.69, 9.17) is 0 Å². The van der Waals surface area contributed by atoms with Gasteiger partial charge in [-0.3, -0.25) is 9.59 Å². The molecule has 0 amide bonds. The van der Waals surface area contributed by atoms with Crippen LogP contribution in [0.25, 0.3) is 0 Å². The Hall–Kier alpha value is 0.776. The standard InChI is InChI=1S/C6H10O3.K.H/c1-4(2)6(8)9-5(3)7;;/h4H,1-3H3;;. The Kier molecular flexibility index (Phi) is 8.67. The minimum atomic E-state index is -0.547. The van der Waals surface area contributed by atoms with Crippen molar-refractivity contribution in [2.75, 3.05) is 0 Å². The second kappa shape index (κ2) is 6.48. The topological polar surface area (TPSA) is 43.4 Å². The van der Waals surface area contributed by atoms with Gasteiger partial charge in [0.25, 0.3) is 0 Å². The van der Waals surface area contributed by atoms with Gasteiger partial charge < -0.3 is 4.74 Å². The van der Waals surface area contributed by atoms with Crippen molar-refractivity contribution in [2.24, 2.45) is 5.92 Å². The molecule has 0 spiro atoms. The van der Waals surface area contributed by atoms with Gasteiger partial charge in [-0.15, -0.1) is 0 Å².